The Balaban J connectivity index is 1.82. The van der Waals surface area contributed by atoms with Gasteiger partial charge in [-0.1, -0.05) is 48.1 Å². The van der Waals surface area contributed by atoms with Crippen molar-refractivity contribution in [2.24, 2.45) is 0 Å². The van der Waals surface area contributed by atoms with Crippen LogP contribution in [0.5, 0.6) is 5.95 Å². The van der Waals surface area contributed by atoms with Crippen molar-refractivity contribution in [2.75, 3.05) is 13.7 Å². The average Bonchev–Trinajstić information content (AvgIpc) is 3.09. The molecule has 0 spiro atoms. The lowest BCUT2D eigenvalue weighted by Crippen LogP contribution is -2.15. The third-order valence-corrected chi connectivity index (χ3v) is 4.58. The summed E-state index contributed by atoms with van der Waals surface area (Å²) in [5, 5.41) is 0. The molecule has 2 aromatic rings. The summed E-state index contributed by atoms with van der Waals surface area (Å²) in [5.41, 5.74) is 4.54. The third-order valence-electron chi connectivity index (χ3n) is 4.58. The van der Waals surface area contributed by atoms with Crippen LogP contribution in [0.1, 0.15) is 41.9 Å². The highest BCUT2D eigenvalue weighted by molar-refractivity contribution is 5.55. The summed E-state index contributed by atoms with van der Waals surface area (Å²) in [5.74, 6) is 0.822. The van der Waals surface area contributed by atoms with E-state index in [2.05, 4.69) is 31.2 Å². The molecule has 1 aliphatic heterocycles. The monoisotopic (exact) mass is 352 g/mol. The fourth-order valence-electron chi connectivity index (χ4n) is 3.25. The third kappa shape index (κ3) is 3.81. The summed E-state index contributed by atoms with van der Waals surface area (Å²) in [6, 6.07) is 10.2. The van der Waals surface area contributed by atoms with Crippen LogP contribution in [0.25, 0.3) is 6.08 Å². The maximum absolute atomic E-state index is 12.4. The van der Waals surface area contributed by atoms with Crippen molar-refractivity contribution in [1.29, 1.82) is 0 Å². The number of allylic oxidation sites excluding steroid dienone is 2. The number of hydrogen-bond acceptors (Lipinski definition) is 4. The zero-order chi connectivity index (χ0) is 18.7. The van der Waals surface area contributed by atoms with Gasteiger partial charge in [0.25, 0.3) is 5.95 Å². The molecule has 0 bridgehead atoms. The maximum Gasteiger partial charge on any atom is 0.291 e. The van der Waals surface area contributed by atoms with Gasteiger partial charge in [-0.15, -0.1) is 0 Å². The maximum atomic E-state index is 12.4. The molecule has 1 atom stereocenters. The van der Waals surface area contributed by atoms with Crippen LogP contribution in [0, 0.1) is 13.8 Å². The molecule has 1 aliphatic rings. The van der Waals surface area contributed by atoms with Crippen molar-refractivity contribution in [3.8, 4) is 5.95 Å². The van der Waals surface area contributed by atoms with Crippen molar-refractivity contribution >= 4 is 6.08 Å². The summed E-state index contributed by atoms with van der Waals surface area (Å²) in [6.07, 6.45) is 4.73. The Morgan fingerprint density at radius 2 is 1.92 bits per heavy atom. The Bertz CT molecular complexity index is 904. The fraction of sp³-hybridized carbons (Fsp3) is 0.318. The van der Waals surface area contributed by atoms with E-state index >= 15 is 0 Å². The second kappa shape index (κ2) is 7.75. The highest BCUT2D eigenvalue weighted by Crippen LogP contribution is 2.35. The number of benzene rings is 1. The summed E-state index contributed by atoms with van der Waals surface area (Å²) < 4.78 is 16.9. The Labute approximate surface area is 153 Å². The summed E-state index contributed by atoms with van der Waals surface area (Å²) in [7, 11) is 1.50. The van der Waals surface area contributed by atoms with E-state index in [-0.39, 0.29) is 17.5 Å². The van der Waals surface area contributed by atoms with E-state index in [1.54, 1.807) is 13.8 Å². The normalized spacial score (nSPS) is 19.2. The van der Waals surface area contributed by atoms with Crippen LogP contribution in [0.3, 0.4) is 0 Å². The number of methoxy groups -OCH3 is 1. The second-order valence-corrected chi connectivity index (χ2v) is 6.64. The molecule has 0 aliphatic carbocycles. The minimum Gasteiger partial charge on any atom is -0.468 e. The van der Waals surface area contributed by atoms with E-state index < -0.39 is 0 Å². The van der Waals surface area contributed by atoms with Gasteiger partial charge in [0.1, 0.15) is 11.9 Å². The van der Waals surface area contributed by atoms with Crippen LogP contribution < -0.4 is 10.2 Å². The molecule has 4 nitrogen and oxygen atoms in total. The second-order valence-electron chi connectivity index (χ2n) is 6.64. The average molecular weight is 352 g/mol. The molecule has 26 heavy (non-hydrogen) atoms. The quantitative estimate of drug-likeness (QED) is 0.796. The highest BCUT2D eigenvalue weighted by Gasteiger charge is 2.28. The van der Waals surface area contributed by atoms with Gasteiger partial charge in [0, 0.05) is 12.0 Å². The Kier molecular flexibility index (Phi) is 5.43. The molecule has 1 unspecified atom stereocenters. The molecule has 0 saturated carbocycles. The highest BCUT2D eigenvalue weighted by atomic mass is 16.6. The molecule has 0 N–H and O–H groups in total. The summed E-state index contributed by atoms with van der Waals surface area (Å²) in [4.78, 5) is 12.4. The van der Waals surface area contributed by atoms with Crippen LogP contribution in [0.4, 0.5) is 0 Å². The SMILES string of the molecule is COc1oc(C2C/C(=C/C(C)=C\c3ccccc3)CO2)c(C)c(=O)c1C. The largest absolute Gasteiger partial charge is 0.468 e. The van der Waals surface area contributed by atoms with E-state index in [0.717, 1.165) is 5.57 Å². The molecule has 1 saturated heterocycles. The molecular weight excluding hydrogens is 328 g/mol. The minimum atomic E-state index is -0.257. The lowest BCUT2D eigenvalue weighted by molar-refractivity contribution is 0.0880. The predicted octanol–water partition coefficient (Wildman–Crippen LogP) is 4.76. The first-order valence-corrected chi connectivity index (χ1v) is 8.72. The van der Waals surface area contributed by atoms with Gasteiger partial charge in [0.15, 0.2) is 5.43 Å². The zero-order valence-electron chi connectivity index (χ0n) is 15.7. The standard InChI is InChI=1S/C22H24O4/c1-14(10-17-8-6-5-7-9-17)11-18-12-19(25-13-18)21-15(2)20(23)16(3)22(24-4)26-21/h5-11,19H,12-13H2,1-4H3/b14-10-,18-11-. The van der Waals surface area contributed by atoms with E-state index in [1.807, 2.05) is 18.2 Å². The Hall–Kier alpha value is -2.59. The summed E-state index contributed by atoms with van der Waals surface area (Å²) in [6.45, 7) is 6.09. The molecule has 1 aromatic heterocycles. The van der Waals surface area contributed by atoms with Crippen LogP contribution in [-0.4, -0.2) is 13.7 Å². The zero-order valence-corrected chi connectivity index (χ0v) is 15.7. The van der Waals surface area contributed by atoms with Gasteiger partial charge >= 0.3 is 0 Å². The molecule has 1 fully saturated rings. The van der Waals surface area contributed by atoms with Crippen LogP contribution >= 0.6 is 0 Å². The van der Waals surface area contributed by atoms with Gasteiger partial charge in [0.2, 0.25) is 0 Å². The molecule has 4 heteroatoms. The van der Waals surface area contributed by atoms with Gasteiger partial charge in [-0.2, -0.15) is 0 Å². The van der Waals surface area contributed by atoms with Gasteiger partial charge in [-0.05, 0) is 31.9 Å². The fourth-order valence-corrected chi connectivity index (χ4v) is 3.25. The van der Waals surface area contributed by atoms with Crippen molar-refractivity contribution in [3.63, 3.8) is 0 Å². The Morgan fingerprint density at radius 3 is 2.62 bits per heavy atom. The van der Waals surface area contributed by atoms with Gasteiger partial charge in [-0.3, -0.25) is 4.79 Å². The lowest BCUT2D eigenvalue weighted by Gasteiger charge is -2.13. The Morgan fingerprint density at radius 1 is 1.19 bits per heavy atom. The van der Waals surface area contributed by atoms with E-state index in [0.29, 0.717) is 29.9 Å². The number of rotatable bonds is 4. The molecular formula is C22H24O4. The van der Waals surface area contributed by atoms with E-state index in [4.69, 9.17) is 13.9 Å². The van der Waals surface area contributed by atoms with Crippen molar-refractivity contribution in [2.45, 2.75) is 33.3 Å². The number of ether oxygens (including phenoxy) is 2. The van der Waals surface area contributed by atoms with E-state index in [1.165, 1.54) is 18.2 Å². The molecule has 136 valence electrons. The minimum absolute atomic E-state index is 0.0516. The first-order chi connectivity index (χ1) is 12.5. The van der Waals surface area contributed by atoms with Gasteiger partial charge < -0.3 is 13.9 Å². The molecule has 3 rings (SSSR count). The summed E-state index contributed by atoms with van der Waals surface area (Å²) >= 11 is 0. The smallest absolute Gasteiger partial charge is 0.291 e. The van der Waals surface area contributed by atoms with Crippen molar-refractivity contribution < 1.29 is 13.9 Å². The van der Waals surface area contributed by atoms with Crippen LogP contribution in [-0.2, 0) is 4.74 Å². The molecule has 1 aromatic carbocycles. The topological polar surface area (TPSA) is 48.7 Å². The van der Waals surface area contributed by atoms with Crippen LogP contribution in [0.2, 0.25) is 0 Å². The first kappa shape index (κ1) is 18.2. The number of hydrogen-bond donors (Lipinski definition) is 0. The molecule has 0 amide bonds. The molecule has 0 radical (unpaired) electrons. The van der Waals surface area contributed by atoms with Crippen molar-refractivity contribution in [1.82, 2.24) is 0 Å². The van der Waals surface area contributed by atoms with E-state index in [9.17, 15) is 4.79 Å². The predicted molar refractivity (Wildman–Crippen MR) is 102 cm³/mol. The van der Waals surface area contributed by atoms with Gasteiger partial charge in [-0.25, -0.2) is 0 Å². The first-order valence-electron chi connectivity index (χ1n) is 8.72. The van der Waals surface area contributed by atoms with Gasteiger partial charge in [0.05, 0.1) is 19.3 Å². The van der Waals surface area contributed by atoms with Crippen molar-refractivity contribution in [3.05, 3.63) is 80.2 Å². The lowest BCUT2D eigenvalue weighted by atomic mass is 10.0. The molecule has 2 heterocycles. The van der Waals surface area contributed by atoms with Crippen LogP contribution in [0.15, 0.2) is 56.8 Å².